The van der Waals surface area contributed by atoms with Crippen LogP contribution in [0.3, 0.4) is 0 Å². The van der Waals surface area contributed by atoms with Gasteiger partial charge in [0.05, 0.1) is 0 Å². The molecule has 0 spiro atoms. The molecule has 1 fully saturated rings. The first-order chi connectivity index (χ1) is 15.3. The van der Waals surface area contributed by atoms with Gasteiger partial charge in [0, 0.05) is 24.5 Å². The zero-order chi connectivity index (χ0) is 23.0. The molecule has 6 nitrogen and oxygen atoms in total. The van der Waals surface area contributed by atoms with Gasteiger partial charge in [-0.25, -0.2) is 9.59 Å². The number of piperidine rings is 1. The van der Waals surface area contributed by atoms with E-state index in [2.05, 4.69) is 29.2 Å². The number of carbonyl (C=O) groups excluding carboxylic acids is 1. The van der Waals surface area contributed by atoms with Crippen LogP contribution in [0.25, 0.3) is 11.1 Å². The number of hydrogen-bond donors (Lipinski definition) is 1. The molecule has 1 aliphatic carbocycles. The topological polar surface area (TPSA) is 70.1 Å². The van der Waals surface area contributed by atoms with Gasteiger partial charge in [-0.05, 0) is 62.9 Å². The van der Waals surface area contributed by atoms with Gasteiger partial charge in [-0.3, -0.25) is 4.90 Å². The number of likely N-dealkylation sites (tertiary alicyclic amines) is 1. The summed E-state index contributed by atoms with van der Waals surface area (Å²) in [5, 5.41) is 10.2. The summed E-state index contributed by atoms with van der Waals surface area (Å²) in [5.74, 6) is -1.02. The Morgan fingerprint density at radius 3 is 2.19 bits per heavy atom. The Morgan fingerprint density at radius 1 is 1.12 bits per heavy atom. The molecule has 1 aliphatic heterocycles. The van der Waals surface area contributed by atoms with Crippen LogP contribution in [-0.2, 0) is 9.53 Å². The summed E-state index contributed by atoms with van der Waals surface area (Å²) in [4.78, 5) is 29.5. The summed E-state index contributed by atoms with van der Waals surface area (Å²) >= 11 is 0. The lowest BCUT2D eigenvalue weighted by molar-refractivity contribution is -0.156. The van der Waals surface area contributed by atoms with Crippen molar-refractivity contribution in [3.8, 4) is 11.1 Å². The number of carboxylic acid groups (broad SMARTS) is 1. The predicted octanol–water partition coefficient (Wildman–Crippen LogP) is 4.58. The summed E-state index contributed by atoms with van der Waals surface area (Å²) in [6.45, 7) is 6.52. The Balaban J connectivity index is 1.59. The predicted molar refractivity (Wildman–Crippen MR) is 124 cm³/mol. The van der Waals surface area contributed by atoms with Crippen molar-refractivity contribution < 1.29 is 19.4 Å². The third kappa shape index (κ3) is 3.66. The standard InChI is InChI=1S/C26H32N2O4/c1-17(2)28(26(24(29)30)13-14-27(4)18(3)15-26)25(31)32-16-23-21-11-7-5-9-19(21)20-10-6-8-12-22(20)23/h5-12,17-18,23H,13-16H2,1-4H3,(H,29,30). The van der Waals surface area contributed by atoms with Crippen LogP contribution >= 0.6 is 0 Å². The lowest BCUT2D eigenvalue weighted by Gasteiger charge is -2.48. The first-order valence-electron chi connectivity index (χ1n) is 11.3. The van der Waals surface area contributed by atoms with E-state index < -0.39 is 17.6 Å². The molecule has 32 heavy (non-hydrogen) atoms. The average Bonchev–Trinajstić information content (AvgIpc) is 3.08. The van der Waals surface area contributed by atoms with Crippen LogP contribution in [0, 0.1) is 0 Å². The molecule has 6 heteroatoms. The van der Waals surface area contributed by atoms with E-state index in [4.69, 9.17) is 4.74 Å². The molecule has 2 aromatic carbocycles. The highest BCUT2D eigenvalue weighted by Crippen LogP contribution is 2.44. The van der Waals surface area contributed by atoms with Gasteiger partial charge in [-0.2, -0.15) is 0 Å². The number of fused-ring (bicyclic) bond motifs is 3. The molecular formula is C26H32N2O4. The number of benzene rings is 2. The van der Waals surface area contributed by atoms with Crippen LogP contribution < -0.4 is 0 Å². The maximum atomic E-state index is 13.4. The van der Waals surface area contributed by atoms with E-state index in [1.807, 2.05) is 52.1 Å². The summed E-state index contributed by atoms with van der Waals surface area (Å²) in [7, 11) is 1.99. The maximum Gasteiger partial charge on any atom is 0.410 e. The van der Waals surface area contributed by atoms with E-state index in [-0.39, 0.29) is 24.6 Å². The molecule has 1 heterocycles. The van der Waals surface area contributed by atoms with Crippen molar-refractivity contribution in [2.75, 3.05) is 20.2 Å². The zero-order valence-electron chi connectivity index (χ0n) is 19.2. The van der Waals surface area contributed by atoms with Gasteiger partial charge in [0.25, 0.3) is 0 Å². The molecule has 1 N–H and O–H groups in total. The van der Waals surface area contributed by atoms with Crippen LogP contribution in [0.1, 0.15) is 50.7 Å². The second-order valence-electron chi connectivity index (χ2n) is 9.39. The summed E-state index contributed by atoms with van der Waals surface area (Å²) in [6.07, 6.45) is 0.202. The molecule has 0 saturated carbocycles. The van der Waals surface area contributed by atoms with Crippen molar-refractivity contribution in [2.45, 2.75) is 57.2 Å². The van der Waals surface area contributed by atoms with Gasteiger partial charge in [-0.1, -0.05) is 48.5 Å². The summed E-state index contributed by atoms with van der Waals surface area (Å²) in [5.41, 5.74) is 3.34. The highest BCUT2D eigenvalue weighted by molar-refractivity contribution is 5.85. The third-order valence-electron chi connectivity index (χ3n) is 7.17. The Kier molecular flexibility index (Phi) is 5.99. The molecule has 2 unspecified atom stereocenters. The van der Waals surface area contributed by atoms with Gasteiger partial charge in [-0.15, -0.1) is 0 Å². The number of hydrogen-bond acceptors (Lipinski definition) is 4. The Hall–Kier alpha value is -2.86. The number of carboxylic acids is 1. The second kappa shape index (κ2) is 8.58. The highest BCUT2D eigenvalue weighted by atomic mass is 16.6. The van der Waals surface area contributed by atoms with Gasteiger partial charge < -0.3 is 14.7 Å². The Bertz CT molecular complexity index is 975. The molecule has 0 aromatic heterocycles. The Labute approximate surface area is 189 Å². The lowest BCUT2D eigenvalue weighted by atomic mass is 9.81. The fourth-order valence-corrected chi connectivity index (χ4v) is 5.39. The molecule has 2 atom stereocenters. The van der Waals surface area contributed by atoms with Gasteiger partial charge in [0.1, 0.15) is 12.1 Å². The number of carbonyl (C=O) groups is 2. The highest BCUT2D eigenvalue weighted by Gasteiger charge is 2.52. The molecule has 2 aromatic rings. The zero-order valence-corrected chi connectivity index (χ0v) is 19.2. The lowest BCUT2D eigenvalue weighted by Crippen LogP contribution is -2.65. The number of ether oxygens (including phenoxy) is 1. The number of aliphatic carboxylic acids is 1. The normalized spacial score (nSPS) is 23.0. The molecule has 170 valence electrons. The molecular weight excluding hydrogens is 404 g/mol. The fraction of sp³-hybridized carbons (Fsp3) is 0.462. The number of amides is 1. The second-order valence-corrected chi connectivity index (χ2v) is 9.39. The third-order valence-corrected chi connectivity index (χ3v) is 7.17. The van der Waals surface area contributed by atoms with Crippen molar-refractivity contribution in [3.05, 3.63) is 59.7 Å². The quantitative estimate of drug-likeness (QED) is 0.743. The van der Waals surface area contributed by atoms with E-state index in [0.717, 1.165) is 22.3 Å². The van der Waals surface area contributed by atoms with Crippen LogP contribution in [0.4, 0.5) is 4.79 Å². The van der Waals surface area contributed by atoms with Crippen molar-refractivity contribution in [2.24, 2.45) is 0 Å². The number of nitrogens with zero attached hydrogens (tertiary/aromatic N) is 2. The van der Waals surface area contributed by atoms with E-state index >= 15 is 0 Å². The van der Waals surface area contributed by atoms with E-state index in [1.165, 1.54) is 4.90 Å². The smallest absolute Gasteiger partial charge is 0.410 e. The van der Waals surface area contributed by atoms with Crippen LogP contribution in [-0.4, -0.2) is 64.8 Å². The van der Waals surface area contributed by atoms with Gasteiger partial charge in [0.2, 0.25) is 0 Å². The first kappa shape index (κ1) is 22.3. The van der Waals surface area contributed by atoms with E-state index in [9.17, 15) is 14.7 Å². The van der Waals surface area contributed by atoms with Gasteiger partial charge in [0.15, 0.2) is 0 Å². The Morgan fingerprint density at radius 2 is 1.69 bits per heavy atom. The van der Waals surface area contributed by atoms with Crippen molar-refractivity contribution >= 4 is 12.1 Å². The minimum atomic E-state index is -1.26. The minimum absolute atomic E-state index is 0.0578. The van der Waals surface area contributed by atoms with E-state index in [1.54, 1.807) is 0 Å². The fourth-order valence-electron chi connectivity index (χ4n) is 5.39. The number of rotatable bonds is 5. The van der Waals surface area contributed by atoms with Gasteiger partial charge >= 0.3 is 12.1 Å². The first-order valence-corrected chi connectivity index (χ1v) is 11.3. The molecule has 1 saturated heterocycles. The minimum Gasteiger partial charge on any atom is -0.479 e. The maximum absolute atomic E-state index is 13.4. The van der Waals surface area contributed by atoms with Crippen molar-refractivity contribution in [1.82, 2.24) is 9.80 Å². The molecule has 0 bridgehead atoms. The summed E-state index contributed by atoms with van der Waals surface area (Å²) < 4.78 is 5.86. The van der Waals surface area contributed by atoms with Crippen molar-refractivity contribution in [3.63, 3.8) is 0 Å². The largest absolute Gasteiger partial charge is 0.479 e. The van der Waals surface area contributed by atoms with Crippen LogP contribution in [0.2, 0.25) is 0 Å². The molecule has 4 rings (SSSR count). The average molecular weight is 437 g/mol. The van der Waals surface area contributed by atoms with Crippen molar-refractivity contribution in [1.29, 1.82) is 0 Å². The summed E-state index contributed by atoms with van der Waals surface area (Å²) in [6, 6.07) is 16.1. The van der Waals surface area contributed by atoms with E-state index in [0.29, 0.717) is 19.4 Å². The SMILES string of the molecule is CC1CC(C(=O)O)(N(C(=O)OCC2c3ccccc3-c3ccccc32)C(C)C)CCN1C. The monoisotopic (exact) mass is 436 g/mol. The molecule has 1 amide bonds. The van der Waals surface area contributed by atoms with Crippen LogP contribution in [0.15, 0.2) is 48.5 Å². The molecule has 2 aliphatic rings. The molecule has 0 radical (unpaired) electrons. The van der Waals surface area contributed by atoms with Crippen LogP contribution in [0.5, 0.6) is 0 Å².